The Bertz CT molecular complexity index is 309. The molecule has 17 heavy (non-hydrogen) atoms. The van der Waals surface area contributed by atoms with Crippen LogP contribution in [0.3, 0.4) is 0 Å². The summed E-state index contributed by atoms with van der Waals surface area (Å²) in [5, 5.41) is 14.1. The fourth-order valence-electron chi connectivity index (χ4n) is 1.89. The summed E-state index contributed by atoms with van der Waals surface area (Å²) in [4.78, 5) is 6.49. The van der Waals surface area contributed by atoms with Crippen molar-refractivity contribution >= 4 is 0 Å². The Balaban J connectivity index is 2.36. The van der Waals surface area contributed by atoms with Crippen molar-refractivity contribution in [3.05, 3.63) is 12.2 Å². The van der Waals surface area contributed by atoms with Gasteiger partial charge in [0.25, 0.3) is 0 Å². The van der Waals surface area contributed by atoms with E-state index in [1.54, 1.807) is 6.33 Å². The molecule has 0 aliphatic rings. The number of aromatic nitrogens is 3. The van der Waals surface area contributed by atoms with E-state index in [0.29, 0.717) is 6.42 Å². The van der Waals surface area contributed by atoms with E-state index < -0.39 is 0 Å². The second kappa shape index (κ2) is 7.40. The highest BCUT2D eigenvalue weighted by Crippen LogP contribution is 2.04. The third-order valence-corrected chi connectivity index (χ3v) is 3.09. The van der Waals surface area contributed by atoms with Crippen LogP contribution in [0.15, 0.2) is 6.33 Å². The normalized spacial score (nSPS) is 13.2. The van der Waals surface area contributed by atoms with Crippen LogP contribution < -0.4 is 0 Å². The minimum atomic E-state index is -0.329. The number of aliphatic hydroxyl groups is 1. The summed E-state index contributed by atoms with van der Waals surface area (Å²) in [7, 11) is 0. The van der Waals surface area contributed by atoms with E-state index >= 15 is 0 Å². The first kappa shape index (κ1) is 14.1. The molecule has 0 fully saturated rings. The number of nitrogens with zero attached hydrogens (tertiary/aromatic N) is 4. The SMILES string of the molecule is CCN(CC)CCC(O)Cc1ncnn1CC. The molecule has 5 nitrogen and oxygen atoms in total. The largest absolute Gasteiger partial charge is 0.393 e. The van der Waals surface area contributed by atoms with Crippen LogP contribution in [0.4, 0.5) is 0 Å². The molecule has 0 bridgehead atoms. The first-order valence-corrected chi connectivity index (χ1v) is 6.48. The first-order valence-electron chi connectivity index (χ1n) is 6.48. The van der Waals surface area contributed by atoms with Gasteiger partial charge in [0.1, 0.15) is 12.2 Å². The zero-order valence-electron chi connectivity index (χ0n) is 11.1. The van der Waals surface area contributed by atoms with E-state index in [0.717, 1.165) is 38.4 Å². The Morgan fingerprint density at radius 1 is 1.35 bits per heavy atom. The second-order valence-electron chi connectivity index (χ2n) is 4.17. The Labute approximate surface area is 103 Å². The molecular weight excluding hydrogens is 216 g/mol. The summed E-state index contributed by atoms with van der Waals surface area (Å²) in [6, 6.07) is 0. The standard InChI is InChI=1S/C12H24N4O/c1-4-15(5-2)8-7-11(17)9-12-13-10-14-16(12)6-3/h10-11,17H,4-9H2,1-3H3. The van der Waals surface area contributed by atoms with Gasteiger partial charge in [0, 0.05) is 19.5 Å². The van der Waals surface area contributed by atoms with Gasteiger partial charge in [-0.2, -0.15) is 5.10 Å². The fourth-order valence-corrected chi connectivity index (χ4v) is 1.89. The van der Waals surface area contributed by atoms with Gasteiger partial charge in [-0.25, -0.2) is 4.98 Å². The van der Waals surface area contributed by atoms with Crippen LogP contribution in [0.5, 0.6) is 0 Å². The third-order valence-electron chi connectivity index (χ3n) is 3.09. The number of aryl methyl sites for hydroxylation is 1. The molecular formula is C12H24N4O. The zero-order chi connectivity index (χ0) is 12.7. The van der Waals surface area contributed by atoms with Crippen LogP contribution in [0.1, 0.15) is 33.0 Å². The van der Waals surface area contributed by atoms with Crippen LogP contribution in [-0.2, 0) is 13.0 Å². The van der Waals surface area contributed by atoms with Crippen molar-refractivity contribution in [2.75, 3.05) is 19.6 Å². The van der Waals surface area contributed by atoms with Crippen molar-refractivity contribution in [2.45, 2.75) is 46.3 Å². The topological polar surface area (TPSA) is 54.2 Å². The van der Waals surface area contributed by atoms with E-state index in [2.05, 4.69) is 28.8 Å². The predicted molar refractivity (Wildman–Crippen MR) is 67.8 cm³/mol. The lowest BCUT2D eigenvalue weighted by Gasteiger charge is -2.19. The highest BCUT2D eigenvalue weighted by Gasteiger charge is 2.11. The fraction of sp³-hybridized carbons (Fsp3) is 0.833. The van der Waals surface area contributed by atoms with Crippen LogP contribution in [0.25, 0.3) is 0 Å². The molecule has 0 spiro atoms. The van der Waals surface area contributed by atoms with Crippen molar-refractivity contribution in [1.82, 2.24) is 19.7 Å². The molecule has 1 atom stereocenters. The average Bonchev–Trinajstić information content (AvgIpc) is 2.77. The maximum Gasteiger partial charge on any atom is 0.138 e. The number of hydrogen-bond acceptors (Lipinski definition) is 4. The number of aliphatic hydroxyl groups excluding tert-OH is 1. The molecule has 0 saturated heterocycles. The highest BCUT2D eigenvalue weighted by molar-refractivity contribution is 4.87. The summed E-state index contributed by atoms with van der Waals surface area (Å²) < 4.78 is 1.83. The minimum Gasteiger partial charge on any atom is -0.393 e. The molecule has 1 rings (SSSR count). The van der Waals surface area contributed by atoms with Gasteiger partial charge in [-0.15, -0.1) is 0 Å². The lowest BCUT2D eigenvalue weighted by Crippen LogP contribution is -2.28. The van der Waals surface area contributed by atoms with Gasteiger partial charge >= 0.3 is 0 Å². The average molecular weight is 240 g/mol. The zero-order valence-corrected chi connectivity index (χ0v) is 11.1. The van der Waals surface area contributed by atoms with Crippen LogP contribution in [-0.4, -0.2) is 50.5 Å². The maximum absolute atomic E-state index is 9.97. The Morgan fingerprint density at radius 3 is 2.65 bits per heavy atom. The summed E-state index contributed by atoms with van der Waals surface area (Å²) in [6.45, 7) is 10.1. The molecule has 5 heteroatoms. The molecule has 1 unspecified atom stereocenters. The summed E-state index contributed by atoms with van der Waals surface area (Å²) >= 11 is 0. The first-order chi connectivity index (χ1) is 8.21. The Morgan fingerprint density at radius 2 is 2.06 bits per heavy atom. The van der Waals surface area contributed by atoms with Gasteiger partial charge in [-0.1, -0.05) is 13.8 Å². The molecule has 98 valence electrons. The lowest BCUT2D eigenvalue weighted by atomic mass is 10.1. The summed E-state index contributed by atoms with van der Waals surface area (Å²) in [5.74, 6) is 0.875. The van der Waals surface area contributed by atoms with Gasteiger partial charge in [0.2, 0.25) is 0 Å². The third kappa shape index (κ3) is 4.44. The van der Waals surface area contributed by atoms with E-state index in [4.69, 9.17) is 0 Å². The van der Waals surface area contributed by atoms with Gasteiger partial charge < -0.3 is 10.0 Å². The van der Waals surface area contributed by atoms with Gasteiger partial charge in [0.15, 0.2) is 0 Å². The Hall–Kier alpha value is -0.940. The minimum absolute atomic E-state index is 0.329. The van der Waals surface area contributed by atoms with Crippen molar-refractivity contribution < 1.29 is 5.11 Å². The number of hydrogen-bond donors (Lipinski definition) is 1. The van der Waals surface area contributed by atoms with Gasteiger partial charge in [0.05, 0.1) is 6.10 Å². The van der Waals surface area contributed by atoms with Crippen molar-refractivity contribution in [1.29, 1.82) is 0 Å². The van der Waals surface area contributed by atoms with Crippen molar-refractivity contribution in [3.63, 3.8) is 0 Å². The van der Waals surface area contributed by atoms with Crippen LogP contribution in [0.2, 0.25) is 0 Å². The molecule has 0 amide bonds. The molecule has 1 heterocycles. The smallest absolute Gasteiger partial charge is 0.138 e. The highest BCUT2D eigenvalue weighted by atomic mass is 16.3. The Kier molecular flexibility index (Phi) is 6.15. The van der Waals surface area contributed by atoms with Crippen molar-refractivity contribution in [3.8, 4) is 0 Å². The summed E-state index contributed by atoms with van der Waals surface area (Å²) in [5.41, 5.74) is 0. The monoisotopic (exact) mass is 240 g/mol. The van der Waals surface area contributed by atoms with E-state index in [1.165, 1.54) is 0 Å². The molecule has 0 aliphatic carbocycles. The van der Waals surface area contributed by atoms with E-state index in [1.807, 2.05) is 11.6 Å². The molecule has 0 aromatic carbocycles. The molecule has 0 aliphatic heterocycles. The summed E-state index contributed by atoms with van der Waals surface area (Å²) in [6.07, 6.45) is 2.61. The van der Waals surface area contributed by atoms with Crippen LogP contribution >= 0.6 is 0 Å². The van der Waals surface area contributed by atoms with E-state index in [-0.39, 0.29) is 6.10 Å². The van der Waals surface area contributed by atoms with Crippen LogP contribution in [0, 0.1) is 0 Å². The second-order valence-corrected chi connectivity index (χ2v) is 4.17. The molecule has 0 radical (unpaired) electrons. The quantitative estimate of drug-likeness (QED) is 0.734. The molecule has 1 aromatic heterocycles. The lowest BCUT2D eigenvalue weighted by molar-refractivity contribution is 0.140. The van der Waals surface area contributed by atoms with Gasteiger partial charge in [-0.05, 0) is 26.4 Å². The molecule has 1 aromatic rings. The molecule has 1 N–H and O–H groups in total. The number of rotatable bonds is 8. The predicted octanol–water partition coefficient (Wildman–Crippen LogP) is 0.933. The van der Waals surface area contributed by atoms with Crippen molar-refractivity contribution in [2.24, 2.45) is 0 Å². The molecule has 0 saturated carbocycles. The van der Waals surface area contributed by atoms with E-state index in [9.17, 15) is 5.11 Å². The van der Waals surface area contributed by atoms with Gasteiger partial charge in [-0.3, -0.25) is 4.68 Å². The maximum atomic E-state index is 9.97.